The molecule has 2 aromatic heterocycles. The second kappa shape index (κ2) is 24.9. The van der Waals surface area contributed by atoms with Gasteiger partial charge in [0.2, 0.25) is 0 Å². The summed E-state index contributed by atoms with van der Waals surface area (Å²) in [4.78, 5) is 51.3. The van der Waals surface area contributed by atoms with Gasteiger partial charge in [-0.3, -0.25) is 29.1 Å². The number of ketones is 2. The second-order valence-corrected chi connectivity index (χ2v) is 19.0. The smallest absolute Gasteiger partial charge is 0.876 e. The Morgan fingerprint density at radius 3 is 0.921 bits per heavy atom. The van der Waals surface area contributed by atoms with Crippen molar-refractivity contribution in [2.75, 3.05) is 0 Å². The fourth-order valence-corrected chi connectivity index (χ4v) is 11.7. The van der Waals surface area contributed by atoms with Crippen molar-refractivity contribution in [1.82, 2.24) is 9.97 Å². The van der Waals surface area contributed by atoms with Crippen molar-refractivity contribution in [1.29, 1.82) is 0 Å². The van der Waals surface area contributed by atoms with Crippen LogP contribution in [0.5, 0.6) is 0 Å². The minimum Gasteiger partial charge on any atom is -0.876 e. The van der Waals surface area contributed by atoms with Crippen LogP contribution in [0.25, 0.3) is 21.5 Å². The van der Waals surface area contributed by atoms with Gasteiger partial charge in [-0.2, -0.15) is 0 Å². The Morgan fingerprint density at radius 1 is 0.429 bits per heavy atom. The minimum atomic E-state index is -1.25. The van der Waals surface area contributed by atoms with Gasteiger partial charge in [0.15, 0.2) is 22.4 Å². The van der Waals surface area contributed by atoms with Crippen LogP contribution in [0.15, 0.2) is 215 Å². The third-order valence-corrected chi connectivity index (χ3v) is 14.4. The Morgan fingerprint density at radius 2 is 0.683 bits per heavy atom. The summed E-state index contributed by atoms with van der Waals surface area (Å²) in [5.41, 5.74) is 2.00. The number of aromatic amines is 2. The van der Waals surface area contributed by atoms with Crippen LogP contribution in [0.2, 0.25) is 0 Å². The fraction of sp³-hybridized carbons (Fsp3) is 0.0769. The van der Waals surface area contributed by atoms with Gasteiger partial charge in [0.25, 0.3) is 11.1 Å². The van der Waals surface area contributed by atoms with Gasteiger partial charge in [-0.25, -0.2) is 0 Å². The molecule has 8 aromatic rings. The summed E-state index contributed by atoms with van der Waals surface area (Å²) in [6.07, 6.45) is 2.11. The molecule has 0 aliphatic heterocycles. The molecule has 2 N–H and O–H groups in total. The first-order valence-corrected chi connectivity index (χ1v) is 22.8. The van der Waals surface area contributed by atoms with Crippen LogP contribution in [0.3, 0.4) is 0 Å². The third kappa shape index (κ3) is 14.9. The van der Waals surface area contributed by atoms with Crippen molar-refractivity contribution < 1.29 is 39.3 Å². The number of hydrogen-bond donors (Lipinski definition) is 2. The standard InChI is InChI=1S/2C21H16NOP.2C5H8O2.Ru/c2*23-21-19-14-8-7-9-16(19)15-20(22-21)24(17-10-3-1-4-11-17)18-12-5-2-6-13-18;2*1-4(6)3-5(2)7;/h2*1-15H,(H,22,23);2*3,6H,1-2H3;/q;;;;+2/b;;2*4-3-;. The molecule has 0 atom stereocenters. The predicted octanol–water partition coefficient (Wildman–Crippen LogP) is 5.71. The molecule has 0 saturated heterocycles. The Labute approximate surface area is 382 Å². The normalized spacial score (nSPS) is 11.0. The van der Waals surface area contributed by atoms with Crippen LogP contribution in [0.1, 0.15) is 27.7 Å². The summed E-state index contributed by atoms with van der Waals surface area (Å²) < 4.78 is 0. The van der Waals surface area contributed by atoms with Gasteiger partial charge in [0.1, 0.15) is 37.1 Å². The van der Waals surface area contributed by atoms with Gasteiger partial charge in [-0.1, -0.05) is 123 Å². The van der Waals surface area contributed by atoms with E-state index in [0.29, 0.717) is 0 Å². The number of allylic oxidation sites excluding steroid dienone is 4. The number of H-pyrrole nitrogens is 2. The Hall–Kier alpha value is -6.36. The van der Waals surface area contributed by atoms with Gasteiger partial charge in [-0.05, 0) is 97.4 Å². The number of carbonyl (C=O) groups excluding carboxylic acids is 2. The second-order valence-electron chi connectivity index (χ2n) is 14.1. The molecule has 0 unspecified atom stereocenters. The molecule has 6 aromatic carbocycles. The van der Waals surface area contributed by atoms with Crippen LogP contribution in [0, 0.1) is 0 Å². The summed E-state index contributed by atoms with van der Waals surface area (Å²) in [5.74, 6) is -0.750. The van der Waals surface area contributed by atoms with Crippen molar-refractivity contribution >= 4 is 81.0 Å². The van der Waals surface area contributed by atoms with Crippen molar-refractivity contribution in [2.24, 2.45) is 0 Å². The maximum Gasteiger partial charge on any atom is 2.00 e. The Balaban J connectivity index is 0.000000211. The van der Waals surface area contributed by atoms with Crippen molar-refractivity contribution in [3.8, 4) is 0 Å². The van der Waals surface area contributed by atoms with Crippen LogP contribution in [0.4, 0.5) is 0 Å². The van der Waals surface area contributed by atoms with E-state index >= 15 is 0 Å². The zero-order chi connectivity index (χ0) is 44.4. The SMILES string of the molecule is CC(=O)/C=C(/C)[O-].CC(=O)/C=C(/C)[O-].O=c1[nH]c([PH+](c2ccccc2)c2ccccc2)cc2ccccc12.O=c1[nH]c([PH+](c2ccccc2)c2ccccc2)cc2ccccc12.[Ru+2]. The maximum absolute atomic E-state index is 12.5. The summed E-state index contributed by atoms with van der Waals surface area (Å²) in [5, 5.41) is 28.5. The summed E-state index contributed by atoms with van der Waals surface area (Å²) in [6, 6.07) is 61.5. The van der Waals surface area contributed by atoms with Crippen LogP contribution in [-0.2, 0) is 29.1 Å². The predicted molar refractivity (Wildman–Crippen MR) is 258 cm³/mol. The van der Waals surface area contributed by atoms with E-state index in [1.807, 2.05) is 72.8 Å². The molecule has 0 saturated carbocycles. The topological polar surface area (TPSA) is 146 Å². The number of carbonyl (C=O) groups is 2. The van der Waals surface area contributed by atoms with Crippen LogP contribution in [-0.4, -0.2) is 21.5 Å². The average Bonchev–Trinajstić information content (AvgIpc) is 3.25. The Kier molecular flexibility index (Phi) is 19.5. The molecule has 0 spiro atoms. The van der Waals surface area contributed by atoms with E-state index in [0.717, 1.165) is 44.6 Å². The molecule has 0 amide bonds. The van der Waals surface area contributed by atoms with Crippen LogP contribution < -0.4 is 53.4 Å². The molecular weight excluding hydrogens is 912 g/mol. The van der Waals surface area contributed by atoms with E-state index in [1.165, 1.54) is 48.9 Å². The molecule has 0 aliphatic carbocycles. The summed E-state index contributed by atoms with van der Waals surface area (Å²) in [6.45, 7) is 5.39. The van der Waals surface area contributed by atoms with E-state index in [-0.39, 0.29) is 53.7 Å². The molecule has 0 bridgehead atoms. The first-order chi connectivity index (χ1) is 29.9. The molecule has 8 nitrogen and oxygen atoms in total. The van der Waals surface area contributed by atoms with Crippen molar-refractivity contribution in [3.63, 3.8) is 0 Å². The molecule has 0 aliphatic rings. The first kappa shape index (κ1) is 49.3. The molecule has 63 heavy (non-hydrogen) atoms. The van der Waals surface area contributed by atoms with Crippen molar-refractivity contribution in [2.45, 2.75) is 27.7 Å². The number of benzene rings is 6. The van der Waals surface area contributed by atoms with Gasteiger partial charge in [0.05, 0.1) is 0 Å². The average molecular weight is 960 g/mol. The summed E-state index contributed by atoms with van der Waals surface area (Å²) >= 11 is 0. The zero-order valence-corrected chi connectivity index (χ0v) is 39.0. The third-order valence-electron chi connectivity index (χ3n) is 9.11. The van der Waals surface area contributed by atoms with Crippen molar-refractivity contribution in [3.05, 3.63) is 226 Å². The summed E-state index contributed by atoms with van der Waals surface area (Å²) in [7, 11) is -2.49. The monoisotopic (exact) mass is 960 g/mol. The number of pyridine rings is 2. The molecule has 8 rings (SSSR count). The van der Waals surface area contributed by atoms with Crippen LogP contribution >= 0.6 is 15.8 Å². The van der Waals surface area contributed by atoms with E-state index in [9.17, 15) is 29.4 Å². The number of nitrogens with one attached hydrogen (secondary N) is 2. The number of aromatic nitrogens is 2. The number of hydrogen-bond acceptors (Lipinski definition) is 6. The molecule has 11 heteroatoms. The maximum atomic E-state index is 12.5. The number of rotatable bonds is 8. The first-order valence-electron chi connectivity index (χ1n) is 19.8. The van der Waals surface area contributed by atoms with Gasteiger partial charge in [-0.15, -0.1) is 11.5 Å². The molecule has 0 radical (unpaired) electrons. The molecule has 318 valence electrons. The van der Waals surface area contributed by atoms with Gasteiger partial charge in [0, 0.05) is 22.9 Å². The van der Waals surface area contributed by atoms with E-state index in [2.05, 4.69) is 119 Å². The van der Waals surface area contributed by atoms with E-state index in [4.69, 9.17) is 0 Å². The molecule has 0 fully saturated rings. The van der Waals surface area contributed by atoms with Gasteiger partial charge >= 0.3 is 19.5 Å². The molecule has 2 heterocycles. The quantitative estimate of drug-likeness (QED) is 0.0864. The zero-order valence-electron chi connectivity index (χ0n) is 35.3. The fourth-order valence-electron chi connectivity index (χ4n) is 6.64. The number of fused-ring (bicyclic) bond motifs is 2. The Bertz CT molecular complexity index is 2620. The van der Waals surface area contributed by atoms with E-state index < -0.39 is 15.8 Å². The largest absolute Gasteiger partial charge is 2.00 e. The molecular formula is C52H48N2O6P2Ru+2. The van der Waals surface area contributed by atoms with Gasteiger partial charge < -0.3 is 10.2 Å². The van der Waals surface area contributed by atoms with E-state index in [1.54, 1.807) is 0 Å². The minimum absolute atomic E-state index is 0.